The maximum atomic E-state index is 11.1. The first-order valence-corrected chi connectivity index (χ1v) is 6.27. The van der Waals surface area contributed by atoms with Crippen molar-refractivity contribution in [1.29, 1.82) is 0 Å². The number of thioether (sulfide) groups is 1. The first kappa shape index (κ1) is 12.6. The van der Waals surface area contributed by atoms with Crippen molar-refractivity contribution >= 4 is 33.7 Å². The van der Waals surface area contributed by atoms with Gasteiger partial charge < -0.3 is 5.11 Å². The average Bonchev–Trinajstić information content (AvgIpc) is 2.21. The van der Waals surface area contributed by atoms with Crippen molar-refractivity contribution < 1.29 is 9.90 Å². The fraction of sp³-hybridized carbons (Fsp3) is 0.364. The van der Waals surface area contributed by atoms with Gasteiger partial charge in [-0.15, -0.1) is 11.8 Å². The molecule has 0 saturated carbocycles. The standard InChI is InChI=1S/C11H13BrO2S/c1-3-11(2,10(13)14)15-9-6-4-8(12)5-7-9/h4-7H,3H2,1-2H3,(H,13,14)/t11-/m1/s1. The predicted molar refractivity (Wildman–Crippen MR) is 66.3 cm³/mol. The first-order valence-electron chi connectivity index (χ1n) is 4.66. The molecule has 0 aliphatic heterocycles. The van der Waals surface area contributed by atoms with Crippen LogP contribution in [0.25, 0.3) is 0 Å². The lowest BCUT2D eigenvalue weighted by Crippen LogP contribution is -2.30. The van der Waals surface area contributed by atoms with E-state index in [0.29, 0.717) is 6.42 Å². The highest BCUT2D eigenvalue weighted by molar-refractivity contribution is 9.10. The molecule has 1 aromatic rings. The Balaban J connectivity index is 2.84. The molecule has 0 aliphatic carbocycles. The Morgan fingerprint density at radius 3 is 2.40 bits per heavy atom. The molecule has 0 bridgehead atoms. The topological polar surface area (TPSA) is 37.3 Å². The van der Waals surface area contributed by atoms with Crippen LogP contribution in [0, 0.1) is 0 Å². The largest absolute Gasteiger partial charge is 0.480 e. The number of rotatable bonds is 4. The second-order valence-electron chi connectivity index (χ2n) is 3.45. The van der Waals surface area contributed by atoms with E-state index in [9.17, 15) is 4.79 Å². The van der Waals surface area contributed by atoms with Crippen LogP contribution in [0.3, 0.4) is 0 Å². The number of halogens is 1. The summed E-state index contributed by atoms with van der Waals surface area (Å²) >= 11 is 4.73. The number of hydrogen-bond donors (Lipinski definition) is 1. The van der Waals surface area contributed by atoms with Crippen molar-refractivity contribution in [2.45, 2.75) is 29.9 Å². The summed E-state index contributed by atoms with van der Waals surface area (Å²) in [7, 11) is 0. The van der Waals surface area contributed by atoms with Crippen LogP contribution in [0.1, 0.15) is 20.3 Å². The molecule has 15 heavy (non-hydrogen) atoms. The Morgan fingerprint density at radius 2 is 2.00 bits per heavy atom. The van der Waals surface area contributed by atoms with E-state index < -0.39 is 10.7 Å². The minimum Gasteiger partial charge on any atom is -0.480 e. The van der Waals surface area contributed by atoms with E-state index in [1.54, 1.807) is 6.92 Å². The molecular formula is C11H13BrO2S. The molecule has 2 nitrogen and oxygen atoms in total. The average molecular weight is 289 g/mol. The Labute approximate surface area is 102 Å². The van der Waals surface area contributed by atoms with E-state index >= 15 is 0 Å². The molecular weight excluding hydrogens is 276 g/mol. The van der Waals surface area contributed by atoms with Gasteiger partial charge in [0.05, 0.1) is 0 Å². The molecule has 0 radical (unpaired) electrons. The quantitative estimate of drug-likeness (QED) is 0.857. The molecule has 1 rings (SSSR count). The second-order valence-corrected chi connectivity index (χ2v) is 5.94. The molecule has 4 heteroatoms. The predicted octanol–water partition coefficient (Wildman–Crippen LogP) is 3.79. The number of carboxylic acid groups (broad SMARTS) is 1. The van der Waals surface area contributed by atoms with Gasteiger partial charge in [-0.3, -0.25) is 4.79 Å². The van der Waals surface area contributed by atoms with Gasteiger partial charge in [0.2, 0.25) is 0 Å². The number of hydrogen-bond acceptors (Lipinski definition) is 2. The Bertz CT molecular complexity index is 350. The second kappa shape index (κ2) is 5.03. The van der Waals surface area contributed by atoms with Crippen LogP contribution in [0.2, 0.25) is 0 Å². The van der Waals surface area contributed by atoms with Gasteiger partial charge in [0.15, 0.2) is 0 Å². The van der Waals surface area contributed by atoms with Gasteiger partial charge in [-0.05, 0) is 37.6 Å². The minimum absolute atomic E-state index is 0.600. The Hall–Kier alpha value is -0.480. The molecule has 1 aromatic carbocycles. The normalized spacial score (nSPS) is 14.6. The van der Waals surface area contributed by atoms with Crippen LogP contribution in [0.4, 0.5) is 0 Å². The van der Waals surface area contributed by atoms with Crippen molar-refractivity contribution in [1.82, 2.24) is 0 Å². The summed E-state index contributed by atoms with van der Waals surface area (Å²) < 4.78 is 0.258. The SMILES string of the molecule is CC[C@@](C)(Sc1ccc(Br)cc1)C(=O)O. The highest BCUT2D eigenvalue weighted by Crippen LogP contribution is 2.35. The summed E-state index contributed by atoms with van der Waals surface area (Å²) in [5.74, 6) is -0.766. The highest BCUT2D eigenvalue weighted by atomic mass is 79.9. The van der Waals surface area contributed by atoms with Gasteiger partial charge in [-0.25, -0.2) is 0 Å². The molecule has 0 aromatic heterocycles. The summed E-state index contributed by atoms with van der Waals surface area (Å²) in [4.78, 5) is 12.1. The van der Waals surface area contributed by atoms with Gasteiger partial charge in [0, 0.05) is 9.37 Å². The van der Waals surface area contributed by atoms with Crippen molar-refractivity contribution in [3.8, 4) is 0 Å². The lowest BCUT2D eigenvalue weighted by Gasteiger charge is -2.22. The van der Waals surface area contributed by atoms with E-state index in [1.807, 2.05) is 31.2 Å². The third-order valence-electron chi connectivity index (χ3n) is 2.28. The van der Waals surface area contributed by atoms with Crippen LogP contribution in [-0.4, -0.2) is 15.8 Å². The summed E-state index contributed by atoms with van der Waals surface area (Å²) in [5.41, 5.74) is 0. The minimum atomic E-state index is -0.766. The number of aliphatic carboxylic acids is 1. The van der Waals surface area contributed by atoms with Crippen LogP contribution in [0.5, 0.6) is 0 Å². The third-order valence-corrected chi connectivity index (χ3v) is 4.23. The molecule has 82 valence electrons. The van der Waals surface area contributed by atoms with Crippen molar-refractivity contribution in [3.63, 3.8) is 0 Å². The molecule has 0 aliphatic rings. The van der Waals surface area contributed by atoms with Crippen molar-refractivity contribution in [3.05, 3.63) is 28.7 Å². The molecule has 1 atom stereocenters. The Morgan fingerprint density at radius 1 is 1.47 bits per heavy atom. The number of benzene rings is 1. The summed E-state index contributed by atoms with van der Waals surface area (Å²) in [6.45, 7) is 3.64. The van der Waals surface area contributed by atoms with E-state index in [4.69, 9.17) is 5.11 Å². The van der Waals surface area contributed by atoms with Gasteiger partial charge >= 0.3 is 5.97 Å². The molecule has 0 spiro atoms. The van der Waals surface area contributed by atoms with Crippen molar-refractivity contribution in [2.24, 2.45) is 0 Å². The van der Waals surface area contributed by atoms with E-state index in [-0.39, 0.29) is 0 Å². The van der Waals surface area contributed by atoms with E-state index in [1.165, 1.54) is 11.8 Å². The van der Waals surface area contributed by atoms with Crippen LogP contribution < -0.4 is 0 Å². The third kappa shape index (κ3) is 3.24. The number of carbonyl (C=O) groups is 1. The molecule has 0 fully saturated rings. The molecule has 1 N–H and O–H groups in total. The zero-order valence-corrected chi connectivity index (χ0v) is 11.1. The monoisotopic (exact) mass is 288 g/mol. The first-order chi connectivity index (χ1) is 6.98. The molecule has 0 amide bonds. The fourth-order valence-corrected chi connectivity index (χ4v) is 2.32. The summed E-state index contributed by atoms with van der Waals surface area (Å²) in [5, 5.41) is 9.12. The van der Waals surface area contributed by atoms with Crippen LogP contribution >= 0.6 is 27.7 Å². The highest BCUT2D eigenvalue weighted by Gasteiger charge is 2.32. The molecule has 0 saturated heterocycles. The van der Waals surface area contributed by atoms with Crippen LogP contribution in [0.15, 0.2) is 33.6 Å². The van der Waals surface area contributed by atoms with Gasteiger partial charge in [0.1, 0.15) is 4.75 Å². The number of carboxylic acids is 1. The smallest absolute Gasteiger partial charge is 0.319 e. The maximum absolute atomic E-state index is 11.1. The summed E-state index contributed by atoms with van der Waals surface area (Å²) in [6, 6.07) is 7.68. The van der Waals surface area contributed by atoms with Gasteiger partial charge in [-0.2, -0.15) is 0 Å². The zero-order chi connectivity index (χ0) is 11.5. The summed E-state index contributed by atoms with van der Waals surface area (Å²) in [6.07, 6.45) is 0.600. The van der Waals surface area contributed by atoms with E-state index in [2.05, 4.69) is 15.9 Å². The molecule has 0 unspecified atom stereocenters. The van der Waals surface area contributed by atoms with Crippen molar-refractivity contribution in [2.75, 3.05) is 0 Å². The lowest BCUT2D eigenvalue weighted by atomic mass is 10.1. The van der Waals surface area contributed by atoms with Gasteiger partial charge in [0.25, 0.3) is 0 Å². The van der Waals surface area contributed by atoms with E-state index in [0.717, 1.165) is 9.37 Å². The fourth-order valence-electron chi connectivity index (χ4n) is 1.03. The zero-order valence-electron chi connectivity index (χ0n) is 8.66. The lowest BCUT2D eigenvalue weighted by molar-refractivity contribution is -0.139. The Kier molecular flexibility index (Phi) is 4.22. The molecule has 0 heterocycles. The van der Waals surface area contributed by atoms with Gasteiger partial charge in [-0.1, -0.05) is 22.9 Å². The van der Waals surface area contributed by atoms with Crippen LogP contribution in [-0.2, 0) is 4.79 Å². The maximum Gasteiger partial charge on any atom is 0.319 e.